The van der Waals surface area contributed by atoms with Gasteiger partial charge in [0.1, 0.15) is 5.75 Å². The van der Waals surface area contributed by atoms with Gasteiger partial charge in [-0.1, -0.05) is 30.3 Å². The molecule has 2 aromatic rings. The van der Waals surface area contributed by atoms with E-state index in [2.05, 4.69) is 39.9 Å². The van der Waals surface area contributed by atoms with Crippen LogP contribution in [0.1, 0.15) is 17.5 Å². The molecule has 0 aliphatic heterocycles. The Labute approximate surface area is 161 Å². The molecular formula is C21H29N3O3. The van der Waals surface area contributed by atoms with Crippen LogP contribution in [0, 0.1) is 0 Å². The second-order valence-corrected chi connectivity index (χ2v) is 5.96. The monoisotopic (exact) mass is 371 g/mol. The van der Waals surface area contributed by atoms with Gasteiger partial charge in [0.2, 0.25) is 0 Å². The summed E-state index contributed by atoms with van der Waals surface area (Å²) in [5.41, 5.74) is 2.31. The minimum absolute atomic E-state index is 0.557. The van der Waals surface area contributed by atoms with Gasteiger partial charge in [-0.2, -0.15) is 0 Å². The highest BCUT2D eigenvalue weighted by Gasteiger charge is 2.12. The van der Waals surface area contributed by atoms with Crippen LogP contribution in [0.4, 0.5) is 0 Å². The summed E-state index contributed by atoms with van der Waals surface area (Å²) in [7, 11) is 6.63. The molecule has 0 fully saturated rings. The van der Waals surface area contributed by atoms with Crippen molar-refractivity contribution in [2.24, 2.45) is 4.99 Å². The highest BCUT2D eigenvalue weighted by Crippen LogP contribution is 2.34. The Hall–Kier alpha value is -2.89. The van der Waals surface area contributed by atoms with Crippen molar-refractivity contribution < 1.29 is 14.2 Å². The van der Waals surface area contributed by atoms with E-state index in [0.717, 1.165) is 36.7 Å². The van der Waals surface area contributed by atoms with Crippen LogP contribution in [0.25, 0.3) is 0 Å². The number of nitrogens with one attached hydrogen (secondary N) is 2. The van der Waals surface area contributed by atoms with E-state index in [1.54, 1.807) is 28.4 Å². The zero-order valence-corrected chi connectivity index (χ0v) is 16.5. The summed E-state index contributed by atoms with van der Waals surface area (Å²) >= 11 is 0. The van der Waals surface area contributed by atoms with E-state index in [9.17, 15) is 0 Å². The number of ether oxygens (including phenoxy) is 3. The van der Waals surface area contributed by atoms with E-state index in [4.69, 9.17) is 14.2 Å². The maximum atomic E-state index is 5.46. The largest absolute Gasteiger partial charge is 0.496 e. The Balaban J connectivity index is 1.88. The predicted molar refractivity (Wildman–Crippen MR) is 109 cm³/mol. The summed E-state index contributed by atoms with van der Waals surface area (Å²) in [6.07, 6.45) is 2.07. The Morgan fingerprint density at radius 1 is 0.889 bits per heavy atom. The Kier molecular flexibility index (Phi) is 8.29. The van der Waals surface area contributed by atoms with E-state index >= 15 is 0 Å². The summed E-state index contributed by atoms with van der Waals surface area (Å²) in [5, 5.41) is 6.65. The molecule has 2 N–H and O–H groups in total. The molecule has 0 aliphatic carbocycles. The molecule has 0 bridgehead atoms. The SMILES string of the molecule is CN=C(NCCCc1ccccc1)NCc1cc(OC)c(OC)cc1OC. The molecule has 27 heavy (non-hydrogen) atoms. The third-order valence-corrected chi connectivity index (χ3v) is 4.23. The lowest BCUT2D eigenvalue weighted by Gasteiger charge is -2.16. The fraction of sp³-hybridized carbons (Fsp3) is 0.381. The van der Waals surface area contributed by atoms with E-state index in [1.165, 1.54) is 5.56 Å². The minimum Gasteiger partial charge on any atom is -0.496 e. The van der Waals surface area contributed by atoms with Crippen molar-refractivity contribution >= 4 is 5.96 Å². The molecule has 0 atom stereocenters. The molecule has 2 aromatic carbocycles. The molecule has 0 aromatic heterocycles. The lowest BCUT2D eigenvalue weighted by atomic mass is 10.1. The zero-order valence-electron chi connectivity index (χ0n) is 16.5. The van der Waals surface area contributed by atoms with Crippen LogP contribution in [0.2, 0.25) is 0 Å². The molecule has 0 saturated carbocycles. The fourth-order valence-corrected chi connectivity index (χ4v) is 2.77. The summed E-state index contributed by atoms with van der Waals surface area (Å²) in [6, 6.07) is 14.2. The quantitative estimate of drug-likeness (QED) is 0.403. The van der Waals surface area contributed by atoms with E-state index < -0.39 is 0 Å². The average molecular weight is 371 g/mol. The molecule has 0 radical (unpaired) electrons. The maximum absolute atomic E-state index is 5.46. The third-order valence-electron chi connectivity index (χ3n) is 4.23. The first-order chi connectivity index (χ1) is 13.2. The van der Waals surface area contributed by atoms with Crippen LogP contribution in [0.3, 0.4) is 0 Å². The van der Waals surface area contributed by atoms with Gasteiger partial charge >= 0.3 is 0 Å². The van der Waals surface area contributed by atoms with Crippen molar-refractivity contribution in [1.82, 2.24) is 10.6 Å². The van der Waals surface area contributed by atoms with Crippen LogP contribution in [0.5, 0.6) is 17.2 Å². The first-order valence-electron chi connectivity index (χ1n) is 8.99. The highest BCUT2D eigenvalue weighted by molar-refractivity contribution is 5.79. The van der Waals surface area contributed by atoms with Gasteiger partial charge in [0.05, 0.1) is 21.3 Å². The lowest BCUT2D eigenvalue weighted by Crippen LogP contribution is -2.37. The zero-order chi connectivity index (χ0) is 19.5. The second-order valence-electron chi connectivity index (χ2n) is 5.96. The second kappa shape index (κ2) is 11.0. The highest BCUT2D eigenvalue weighted by atomic mass is 16.5. The molecule has 0 spiro atoms. The van der Waals surface area contributed by atoms with Crippen molar-refractivity contribution in [3.8, 4) is 17.2 Å². The van der Waals surface area contributed by atoms with Crippen molar-refractivity contribution in [3.05, 3.63) is 53.6 Å². The van der Waals surface area contributed by atoms with Crippen molar-refractivity contribution in [3.63, 3.8) is 0 Å². The third kappa shape index (κ3) is 6.09. The molecule has 0 amide bonds. The number of aryl methyl sites for hydroxylation is 1. The van der Waals surface area contributed by atoms with Gasteiger partial charge in [-0.05, 0) is 24.5 Å². The summed E-state index contributed by atoms with van der Waals surface area (Å²) in [5.74, 6) is 2.79. The number of nitrogens with zero attached hydrogens (tertiary/aromatic N) is 1. The summed E-state index contributed by atoms with van der Waals surface area (Å²) < 4.78 is 16.2. The first kappa shape index (κ1) is 20.4. The molecule has 6 heteroatoms. The number of guanidine groups is 1. The number of methoxy groups -OCH3 is 3. The minimum atomic E-state index is 0.557. The first-order valence-corrected chi connectivity index (χ1v) is 8.99. The van der Waals surface area contributed by atoms with Crippen LogP contribution in [-0.2, 0) is 13.0 Å². The van der Waals surface area contributed by atoms with Crippen molar-refractivity contribution in [2.75, 3.05) is 34.9 Å². The Bertz CT molecular complexity index is 733. The smallest absolute Gasteiger partial charge is 0.191 e. The van der Waals surface area contributed by atoms with Crippen LogP contribution in [0.15, 0.2) is 47.5 Å². The Morgan fingerprint density at radius 3 is 2.19 bits per heavy atom. The van der Waals surface area contributed by atoms with Crippen molar-refractivity contribution in [2.45, 2.75) is 19.4 Å². The van der Waals surface area contributed by atoms with Gasteiger partial charge in [-0.15, -0.1) is 0 Å². The topological polar surface area (TPSA) is 64.1 Å². The molecule has 2 rings (SSSR count). The van der Waals surface area contributed by atoms with Crippen LogP contribution >= 0.6 is 0 Å². The fourth-order valence-electron chi connectivity index (χ4n) is 2.77. The predicted octanol–water partition coefficient (Wildman–Crippen LogP) is 3.01. The average Bonchev–Trinajstić information content (AvgIpc) is 2.73. The Morgan fingerprint density at radius 2 is 1.56 bits per heavy atom. The molecular weight excluding hydrogens is 342 g/mol. The maximum Gasteiger partial charge on any atom is 0.191 e. The van der Waals surface area contributed by atoms with Gasteiger partial charge in [-0.25, -0.2) is 0 Å². The standard InChI is InChI=1S/C21H29N3O3/c1-22-21(23-12-8-11-16-9-6-5-7-10-16)24-15-17-13-19(26-3)20(27-4)14-18(17)25-2/h5-7,9-10,13-14H,8,11-12,15H2,1-4H3,(H2,22,23,24). The molecule has 0 aliphatic rings. The van der Waals surface area contributed by atoms with Crippen LogP contribution < -0.4 is 24.8 Å². The normalized spacial score (nSPS) is 11.0. The number of benzene rings is 2. The summed E-state index contributed by atoms with van der Waals surface area (Å²) in [4.78, 5) is 4.28. The van der Waals surface area contributed by atoms with Gasteiger partial charge < -0.3 is 24.8 Å². The van der Waals surface area contributed by atoms with Gasteiger partial charge in [-0.3, -0.25) is 4.99 Å². The number of hydrogen-bond donors (Lipinski definition) is 2. The van der Waals surface area contributed by atoms with Gasteiger partial charge in [0, 0.05) is 31.8 Å². The molecule has 0 saturated heterocycles. The number of rotatable bonds is 9. The molecule has 0 heterocycles. The van der Waals surface area contributed by atoms with E-state index in [0.29, 0.717) is 18.0 Å². The van der Waals surface area contributed by atoms with Crippen molar-refractivity contribution in [1.29, 1.82) is 0 Å². The van der Waals surface area contributed by atoms with E-state index in [-0.39, 0.29) is 0 Å². The summed E-state index contributed by atoms with van der Waals surface area (Å²) in [6.45, 7) is 1.40. The molecule has 6 nitrogen and oxygen atoms in total. The van der Waals surface area contributed by atoms with Gasteiger partial charge in [0.15, 0.2) is 17.5 Å². The number of hydrogen-bond acceptors (Lipinski definition) is 4. The number of aliphatic imine (C=N–C) groups is 1. The van der Waals surface area contributed by atoms with Crippen LogP contribution in [-0.4, -0.2) is 40.9 Å². The van der Waals surface area contributed by atoms with Gasteiger partial charge in [0.25, 0.3) is 0 Å². The van der Waals surface area contributed by atoms with E-state index in [1.807, 2.05) is 18.2 Å². The molecule has 0 unspecified atom stereocenters. The lowest BCUT2D eigenvalue weighted by molar-refractivity contribution is 0.347. The molecule has 146 valence electrons.